The monoisotopic (exact) mass is 268 g/mol. The minimum Gasteiger partial charge on any atom is -0.481 e. The van der Waals surface area contributed by atoms with Gasteiger partial charge in [-0.05, 0) is 24.6 Å². The molecule has 2 aromatic heterocycles. The number of rotatable bonds is 5. The van der Waals surface area contributed by atoms with Crippen LogP contribution in [0.1, 0.15) is 4.88 Å². The van der Waals surface area contributed by atoms with E-state index >= 15 is 0 Å². The van der Waals surface area contributed by atoms with E-state index < -0.39 is 0 Å². The lowest BCUT2D eigenvalue weighted by Gasteiger charge is -2.05. The quantitative estimate of drug-likeness (QED) is 0.902. The number of hydrogen-bond donors (Lipinski definition) is 1. The van der Waals surface area contributed by atoms with Crippen LogP contribution in [0.3, 0.4) is 0 Å². The van der Waals surface area contributed by atoms with Crippen LogP contribution in [0.25, 0.3) is 0 Å². The van der Waals surface area contributed by atoms with Gasteiger partial charge < -0.3 is 10.1 Å². The highest BCUT2D eigenvalue weighted by molar-refractivity contribution is 7.16. The van der Waals surface area contributed by atoms with Gasteiger partial charge in [-0.2, -0.15) is 4.98 Å². The molecule has 0 bridgehead atoms. The lowest BCUT2D eigenvalue weighted by Crippen LogP contribution is -2.05. The number of methoxy groups -OCH3 is 1. The molecule has 17 heavy (non-hydrogen) atoms. The summed E-state index contributed by atoms with van der Waals surface area (Å²) >= 11 is 7.48. The Hall–Kier alpha value is -1.26. The fourth-order valence-electron chi connectivity index (χ4n) is 1.43. The highest BCUT2D eigenvalue weighted by Crippen LogP contribution is 2.21. The van der Waals surface area contributed by atoms with Gasteiger partial charge in [0.05, 0.1) is 11.4 Å². The molecule has 0 atom stereocenters. The second-order valence-corrected chi connectivity index (χ2v) is 5.25. The molecule has 0 fully saturated rings. The predicted molar refractivity (Wildman–Crippen MR) is 72.3 cm³/mol. The van der Waals surface area contributed by atoms with E-state index in [1.807, 2.05) is 30.3 Å². The highest BCUT2D eigenvalue weighted by atomic mass is 35.5. The third-order valence-corrected chi connectivity index (χ3v) is 3.53. The van der Waals surface area contributed by atoms with Crippen LogP contribution in [-0.4, -0.2) is 18.6 Å². The van der Waals surface area contributed by atoms with Crippen molar-refractivity contribution in [3.05, 3.63) is 39.5 Å². The fraction of sp³-hybridized carbons (Fsp3) is 0.250. The van der Waals surface area contributed by atoms with E-state index in [1.54, 1.807) is 18.4 Å². The summed E-state index contributed by atoms with van der Waals surface area (Å²) in [5.74, 6) is 1.45. The van der Waals surface area contributed by atoms with Crippen molar-refractivity contribution in [2.24, 2.45) is 0 Å². The Morgan fingerprint density at radius 1 is 1.35 bits per heavy atom. The number of nitrogens with one attached hydrogen (secondary N) is 1. The van der Waals surface area contributed by atoms with E-state index in [4.69, 9.17) is 16.3 Å². The molecule has 0 unspecified atom stereocenters. The Balaban J connectivity index is 1.85. The average molecular weight is 269 g/mol. The SMILES string of the molecule is COc1cccc(NCCc2ccc(Cl)s2)n1. The maximum Gasteiger partial charge on any atom is 0.214 e. The van der Waals surface area contributed by atoms with Crippen LogP contribution >= 0.6 is 22.9 Å². The first-order chi connectivity index (χ1) is 8.28. The summed E-state index contributed by atoms with van der Waals surface area (Å²) in [4.78, 5) is 5.54. The van der Waals surface area contributed by atoms with Crippen LogP contribution in [0.2, 0.25) is 4.34 Å². The molecule has 0 radical (unpaired) electrons. The Bertz CT molecular complexity index is 487. The Kier molecular flexibility index (Phi) is 4.23. The summed E-state index contributed by atoms with van der Waals surface area (Å²) in [5.41, 5.74) is 0. The van der Waals surface area contributed by atoms with Crippen LogP contribution in [0, 0.1) is 0 Å². The summed E-state index contributed by atoms with van der Waals surface area (Å²) in [6.45, 7) is 0.830. The number of nitrogens with zero attached hydrogens (tertiary/aromatic N) is 1. The van der Waals surface area contributed by atoms with Gasteiger partial charge in [0, 0.05) is 17.5 Å². The van der Waals surface area contributed by atoms with Crippen molar-refractivity contribution in [2.45, 2.75) is 6.42 Å². The average Bonchev–Trinajstić information content (AvgIpc) is 2.75. The first-order valence-corrected chi connectivity index (χ1v) is 6.46. The van der Waals surface area contributed by atoms with Crippen LogP contribution in [0.5, 0.6) is 5.88 Å². The molecule has 5 heteroatoms. The molecular formula is C12H13ClN2OS. The maximum absolute atomic E-state index is 5.87. The molecule has 2 rings (SSSR count). The van der Waals surface area contributed by atoms with Crippen molar-refractivity contribution in [3.63, 3.8) is 0 Å². The van der Waals surface area contributed by atoms with Crippen molar-refractivity contribution in [2.75, 3.05) is 19.0 Å². The largest absolute Gasteiger partial charge is 0.481 e. The van der Waals surface area contributed by atoms with Crippen LogP contribution in [-0.2, 0) is 6.42 Å². The standard InChI is InChI=1S/C12H13ClN2OS/c1-16-12-4-2-3-11(15-12)14-8-7-9-5-6-10(13)17-9/h2-6H,7-8H2,1H3,(H,14,15). The van der Waals surface area contributed by atoms with Gasteiger partial charge in [-0.15, -0.1) is 11.3 Å². The number of ether oxygens (including phenoxy) is 1. The number of thiophene rings is 1. The van der Waals surface area contributed by atoms with Crippen molar-refractivity contribution < 1.29 is 4.74 Å². The van der Waals surface area contributed by atoms with Crippen LogP contribution in [0.15, 0.2) is 30.3 Å². The number of pyridine rings is 1. The molecule has 0 aromatic carbocycles. The molecule has 2 aromatic rings. The van der Waals surface area contributed by atoms with Gasteiger partial charge >= 0.3 is 0 Å². The molecule has 0 saturated heterocycles. The summed E-state index contributed by atoms with van der Waals surface area (Å²) in [6.07, 6.45) is 0.941. The van der Waals surface area contributed by atoms with Gasteiger partial charge in [0.2, 0.25) is 5.88 Å². The van der Waals surface area contributed by atoms with E-state index in [0.29, 0.717) is 5.88 Å². The molecule has 0 aliphatic rings. The van der Waals surface area contributed by atoms with E-state index in [1.165, 1.54) is 4.88 Å². The summed E-state index contributed by atoms with van der Waals surface area (Å²) in [5, 5.41) is 3.25. The van der Waals surface area contributed by atoms with Gasteiger partial charge in [0.15, 0.2) is 0 Å². The Labute approximate surface area is 109 Å². The maximum atomic E-state index is 5.87. The third kappa shape index (κ3) is 3.61. The zero-order valence-electron chi connectivity index (χ0n) is 9.44. The summed E-state index contributed by atoms with van der Waals surface area (Å²) in [7, 11) is 1.61. The summed E-state index contributed by atoms with van der Waals surface area (Å²) < 4.78 is 5.89. The van der Waals surface area contributed by atoms with Crippen molar-refractivity contribution in [1.82, 2.24) is 4.98 Å². The van der Waals surface area contributed by atoms with Gasteiger partial charge in [-0.1, -0.05) is 17.7 Å². The van der Waals surface area contributed by atoms with E-state index in [0.717, 1.165) is 23.1 Å². The number of hydrogen-bond acceptors (Lipinski definition) is 4. The first kappa shape index (κ1) is 12.2. The Morgan fingerprint density at radius 2 is 2.24 bits per heavy atom. The molecular weight excluding hydrogens is 256 g/mol. The first-order valence-electron chi connectivity index (χ1n) is 5.27. The predicted octanol–water partition coefficient (Wildman–Crippen LogP) is 3.46. The Morgan fingerprint density at radius 3 is 2.94 bits per heavy atom. The molecule has 0 aliphatic carbocycles. The van der Waals surface area contributed by atoms with Crippen molar-refractivity contribution in [3.8, 4) is 5.88 Å². The normalized spacial score (nSPS) is 10.2. The van der Waals surface area contributed by atoms with Crippen LogP contribution < -0.4 is 10.1 Å². The van der Waals surface area contributed by atoms with E-state index in [-0.39, 0.29) is 0 Å². The molecule has 0 aliphatic heterocycles. The van der Waals surface area contributed by atoms with E-state index in [2.05, 4.69) is 10.3 Å². The molecule has 1 N–H and O–H groups in total. The lowest BCUT2D eigenvalue weighted by atomic mass is 10.3. The second-order valence-electron chi connectivity index (χ2n) is 3.45. The number of anilines is 1. The van der Waals surface area contributed by atoms with E-state index in [9.17, 15) is 0 Å². The minimum absolute atomic E-state index is 0.620. The molecule has 0 saturated carbocycles. The molecule has 0 spiro atoms. The number of halogens is 1. The molecule has 3 nitrogen and oxygen atoms in total. The molecule has 0 amide bonds. The van der Waals surface area contributed by atoms with Crippen molar-refractivity contribution in [1.29, 1.82) is 0 Å². The lowest BCUT2D eigenvalue weighted by molar-refractivity contribution is 0.398. The fourth-order valence-corrected chi connectivity index (χ4v) is 2.51. The van der Waals surface area contributed by atoms with Crippen molar-refractivity contribution >= 4 is 28.8 Å². The van der Waals surface area contributed by atoms with Gasteiger partial charge in [-0.3, -0.25) is 0 Å². The topological polar surface area (TPSA) is 34.1 Å². The summed E-state index contributed by atoms with van der Waals surface area (Å²) in [6, 6.07) is 9.63. The molecule has 2 heterocycles. The third-order valence-electron chi connectivity index (χ3n) is 2.24. The van der Waals surface area contributed by atoms with Crippen LogP contribution in [0.4, 0.5) is 5.82 Å². The smallest absolute Gasteiger partial charge is 0.214 e. The zero-order valence-corrected chi connectivity index (χ0v) is 11.0. The zero-order chi connectivity index (χ0) is 12.1. The van der Waals surface area contributed by atoms with Gasteiger partial charge in [0.25, 0.3) is 0 Å². The molecule has 90 valence electrons. The minimum atomic E-state index is 0.620. The highest BCUT2D eigenvalue weighted by Gasteiger charge is 1.99. The number of aromatic nitrogens is 1. The van der Waals surface area contributed by atoms with Gasteiger partial charge in [-0.25, -0.2) is 0 Å². The second kappa shape index (κ2) is 5.89. The van der Waals surface area contributed by atoms with Gasteiger partial charge in [0.1, 0.15) is 5.82 Å².